The van der Waals surface area contributed by atoms with Crippen LogP contribution in [0.3, 0.4) is 0 Å². The highest BCUT2D eigenvalue weighted by Gasteiger charge is 2.21. The van der Waals surface area contributed by atoms with Gasteiger partial charge in [-0.3, -0.25) is 4.90 Å². The summed E-state index contributed by atoms with van der Waals surface area (Å²) in [5, 5.41) is 9.31. The van der Waals surface area contributed by atoms with E-state index in [1.165, 1.54) is 49.0 Å². The van der Waals surface area contributed by atoms with E-state index in [-0.39, 0.29) is 0 Å². The van der Waals surface area contributed by atoms with Crippen LogP contribution in [0.4, 0.5) is 10.5 Å². The molecule has 0 aliphatic heterocycles. The van der Waals surface area contributed by atoms with Gasteiger partial charge in [0.25, 0.3) is 0 Å². The van der Waals surface area contributed by atoms with Crippen LogP contribution in [0.25, 0.3) is 0 Å². The number of carboxylic acid groups (broad SMARTS) is 1. The Balaban J connectivity index is 1.93. The van der Waals surface area contributed by atoms with Crippen molar-refractivity contribution in [3.8, 4) is 0 Å². The van der Waals surface area contributed by atoms with Gasteiger partial charge in [-0.05, 0) is 68.1 Å². The number of unbranched alkanes of at least 4 members (excludes halogenated alkanes) is 1. The third-order valence-corrected chi connectivity index (χ3v) is 4.99. The van der Waals surface area contributed by atoms with E-state index in [0.717, 1.165) is 18.0 Å². The normalized spacial score (nSPS) is 21.1. The summed E-state index contributed by atoms with van der Waals surface area (Å²) in [6.45, 7) is 4.76. The maximum absolute atomic E-state index is 11.3. The molecule has 0 unspecified atom stereocenters. The van der Waals surface area contributed by atoms with Crippen molar-refractivity contribution < 1.29 is 9.90 Å². The summed E-state index contributed by atoms with van der Waals surface area (Å²) < 4.78 is 0. The molecule has 1 N–H and O–H groups in total. The lowest BCUT2D eigenvalue weighted by Crippen LogP contribution is -2.29. The lowest BCUT2D eigenvalue weighted by molar-refractivity contribution is 0.202. The monoisotopic (exact) mass is 329 g/mol. The molecule has 1 saturated carbocycles. The molecule has 3 heteroatoms. The molecule has 1 aliphatic rings. The summed E-state index contributed by atoms with van der Waals surface area (Å²) in [7, 11) is 0. The van der Waals surface area contributed by atoms with Crippen LogP contribution in [0.1, 0.15) is 70.3 Å². The third-order valence-electron chi connectivity index (χ3n) is 4.99. The first kappa shape index (κ1) is 18.6. The molecule has 0 heterocycles. The number of benzene rings is 1. The van der Waals surface area contributed by atoms with Crippen molar-refractivity contribution in [2.24, 2.45) is 5.92 Å². The molecule has 1 amide bonds. The SMILES string of the molecule is CCCC=CC1CCC(c2ccc(N(CCC)C(=O)O)cc2)CC1. The van der Waals surface area contributed by atoms with Crippen LogP contribution in [-0.4, -0.2) is 17.7 Å². The van der Waals surface area contributed by atoms with E-state index in [0.29, 0.717) is 12.5 Å². The second kappa shape index (κ2) is 9.51. The molecule has 0 saturated heterocycles. The van der Waals surface area contributed by atoms with Crippen molar-refractivity contribution in [3.05, 3.63) is 42.0 Å². The van der Waals surface area contributed by atoms with Crippen LogP contribution < -0.4 is 4.90 Å². The number of carbonyl (C=O) groups is 1. The molecule has 1 fully saturated rings. The van der Waals surface area contributed by atoms with E-state index in [2.05, 4.69) is 31.2 Å². The van der Waals surface area contributed by atoms with Crippen molar-refractivity contribution in [3.63, 3.8) is 0 Å². The Bertz CT molecular complexity index is 527. The first-order valence-electron chi connectivity index (χ1n) is 9.42. The van der Waals surface area contributed by atoms with E-state index in [1.54, 1.807) is 0 Å². The molecule has 1 aromatic rings. The summed E-state index contributed by atoms with van der Waals surface area (Å²) in [5.74, 6) is 1.37. The minimum atomic E-state index is -0.871. The fraction of sp³-hybridized carbons (Fsp3) is 0.571. The third kappa shape index (κ3) is 5.12. The average molecular weight is 329 g/mol. The van der Waals surface area contributed by atoms with Gasteiger partial charge in [0, 0.05) is 12.2 Å². The van der Waals surface area contributed by atoms with Crippen molar-refractivity contribution >= 4 is 11.8 Å². The molecular formula is C21H31NO2. The van der Waals surface area contributed by atoms with Crippen LogP contribution in [0, 0.1) is 5.92 Å². The zero-order valence-electron chi connectivity index (χ0n) is 15.1. The zero-order chi connectivity index (χ0) is 17.4. The number of hydrogen-bond donors (Lipinski definition) is 1. The van der Waals surface area contributed by atoms with Gasteiger partial charge in [-0.1, -0.05) is 44.6 Å². The second-order valence-corrected chi connectivity index (χ2v) is 6.85. The summed E-state index contributed by atoms with van der Waals surface area (Å²) >= 11 is 0. The molecule has 0 atom stereocenters. The molecule has 1 aliphatic carbocycles. The van der Waals surface area contributed by atoms with Gasteiger partial charge < -0.3 is 5.11 Å². The molecule has 0 radical (unpaired) electrons. The Morgan fingerprint density at radius 1 is 1.12 bits per heavy atom. The summed E-state index contributed by atoms with van der Waals surface area (Å²) in [6.07, 6.45) is 12.1. The highest BCUT2D eigenvalue weighted by atomic mass is 16.4. The van der Waals surface area contributed by atoms with Crippen molar-refractivity contribution in [2.45, 2.75) is 64.7 Å². The summed E-state index contributed by atoms with van der Waals surface area (Å²) in [6, 6.07) is 8.18. The lowest BCUT2D eigenvalue weighted by atomic mass is 9.78. The molecule has 3 nitrogen and oxygen atoms in total. The second-order valence-electron chi connectivity index (χ2n) is 6.85. The van der Waals surface area contributed by atoms with Crippen LogP contribution in [-0.2, 0) is 0 Å². The molecular weight excluding hydrogens is 298 g/mol. The fourth-order valence-electron chi connectivity index (χ4n) is 3.59. The highest BCUT2D eigenvalue weighted by Crippen LogP contribution is 2.36. The molecule has 0 bridgehead atoms. The number of hydrogen-bond acceptors (Lipinski definition) is 1. The minimum absolute atomic E-state index is 0.546. The molecule has 0 spiro atoms. The van der Waals surface area contributed by atoms with Crippen molar-refractivity contribution in [1.29, 1.82) is 0 Å². The van der Waals surface area contributed by atoms with Gasteiger partial charge in [0.05, 0.1) is 0 Å². The Labute approximate surface area is 146 Å². The van der Waals surface area contributed by atoms with E-state index in [9.17, 15) is 9.90 Å². The Kier molecular flexibility index (Phi) is 7.36. The predicted octanol–water partition coefficient (Wildman–Crippen LogP) is 6.21. The number of anilines is 1. The Morgan fingerprint density at radius 2 is 1.79 bits per heavy atom. The van der Waals surface area contributed by atoms with Gasteiger partial charge in [-0.15, -0.1) is 0 Å². The minimum Gasteiger partial charge on any atom is -0.465 e. The first-order valence-corrected chi connectivity index (χ1v) is 9.42. The summed E-state index contributed by atoms with van der Waals surface area (Å²) in [5.41, 5.74) is 2.14. The van der Waals surface area contributed by atoms with Gasteiger partial charge in [0.2, 0.25) is 0 Å². The van der Waals surface area contributed by atoms with Gasteiger partial charge in [0.15, 0.2) is 0 Å². The molecule has 1 aromatic carbocycles. The molecule has 0 aromatic heterocycles. The van der Waals surface area contributed by atoms with Gasteiger partial charge in [-0.2, -0.15) is 0 Å². The largest absolute Gasteiger partial charge is 0.465 e. The van der Waals surface area contributed by atoms with Crippen LogP contribution >= 0.6 is 0 Å². The van der Waals surface area contributed by atoms with Crippen LogP contribution in [0.2, 0.25) is 0 Å². The first-order chi connectivity index (χ1) is 11.7. The van der Waals surface area contributed by atoms with Gasteiger partial charge in [0.1, 0.15) is 0 Å². The lowest BCUT2D eigenvalue weighted by Gasteiger charge is -2.27. The number of rotatable bonds is 7. The quantitative estimate of drug-likeness (QED) is 0.604. The van der Waals surface area contributed by atoms with Crippen LogP contribution in [0.5, 0.6) is 0 Å². The molecule has 132 valence electrons. The zero-order valence-corrected chi connectivity index (χ0v) is 15.1. The maximum atomic E-state index is 11.3. The van der Waals surface area contributed by atoms with E-state index < -0.39 is 6.09 Å². The smallest absolute Gasteiger partial charge is 0.411 e. The Hall–Kier alpha value is -1.77. The molecule has 24 heavy (non-hydrogen) atoms. The number of nitrogens with zero attached hydrogens (tertiary/aromatic N) is 1. The summed E-state index contributed by atoms with van der Waals surface area (Å²) in [4.78, 5) is 12.8. The standard InChI is InChI=1S/C21H31NO2/c1-3-5-6-7-17-8-10-18(11-9-17)19-12-14-20(15-13-19)22(16-4-2)21(23)24/h6-7,12-15,17-18H,3-5,8-11,16H2,1-2H3,(H,23,24). The van der Waals surface area contributed by atoms with Gasteiger partial charge >= 0.3 is 6.09 Å². The predicted molar refractivity (Wildman–Crippen MR) is 101 cm³/mol. The van der Waals surface area contributed by atoms with E-state index in [1.807, 2.05) is 19.1 Å². The molecule has 2 rings (SSSR count). The van der Waals surface area contributed by atoms with Crippen LogP contribution in [0.15, 0.2) is 36.4 Å². The Morgan fingerprint density at radius 3 is 2.33 bits per heavy atom. The topological polar surface area (TPSA) is 40.5 Å². The van der Waals surface area contributed by atoms with Crippen molar-refractivity contribution in [2.75, 3.05) is 11.4 Å². The average Bonchev–Trinajstić information content (AvgIpc) is 2.60. The van der Waals surface area contributed by atoms with Crippen molar-refractivity contribution in [1.82, 2.24) is 0 Å². The number of amides is 1. The fourth-order valence-corrected chi connectivity index (χ4v) is 3.59. The van der Waals surface area contributed by atoms with E-state index in [4.69, 9.17) is 0 Å². The maximum Gasteiger partial charge on any atom is 0.411 e. The number of allylic oxidation sites excluding steroid dienone is 2. The van der Waals surface area contributed by atoms with E-state index >= 15 is 0 Å². The van der Waals surface area contributed by atoms with Gasteiger partial charge in [-0.25, -0.2) is 4.79 Å². The highest BCUT2D eigenvalue weighted by molar-refractivity contribution is 5.85.